The van der Waals surface area contributed by atoms with Gasteiger partial charge in [0, 0.05) is 23.0 Å². The fourth-order valence-electron chi connectivity index (χ4n) is 2.18. The van der Waals surface area contributed by atoms with E-state index in [1.807, 2.05) is 0 Å². The molecule has 2 aromatic carbocycles. The molecule has 110 valence electrons. The molecule has 0 aliphatic carbocycles. The van der Waals surface area contributed by atoms with Crippen molar-refractivity contribution in [2.45, 2.75) is 0 Å². The third-order valence-electron chi connectivity index (χ3n) is 3.21. The van der Waals surface area contributed by atoms with Crippen LogP contribution in [0.25, 0.3) is 10.8 Å². The van der Waals surface area contributed by atoms with E-state index in [4.69, 9.17) is 0 Å². The van der Waals surface area contributed by atoms with Gasteiger partial charge in [0.1, 0.15) is 17.5 Å². The van der Waals surface area contributed by atoms with Gasteiger partial charge in [-0.15, -0.1) is 0 Å². The molecule has 0 saturated carbocycles. The Kier molecular flexibility index (Phi) is 3.42. The Morgan fingerprint density at radius 2 is 1.82 bits per heavy atom. The van der Waals surface area contributed by atoms with E-state index in [1.54, 1.807) is 24.3 Å². The van der Waals surface area contributed by atoms with E-state index in [1.165, 1.54) is 12.3 Å². The van der Waals surface area contributed by atoms with E-state index in [0.29, 0.717) is 16.6 Å². The summed E-state index contributed by atoms with van der Waals surface area (Å²) in [6.07, 6.45) is 1.20. The van der Waals surface area contributed by atoms with Crippen LogP contribution in [-0.4, -0.2) is 16.1 Å². The minimum absolute atomic E-state index is 0.0562. The van der Waals surface area contributed by atoms with E-state index >= 15 is 0 Å². The molecule has 1 heterocycles. The van der Waals surface area contributed by atoms with Gasteiger partial charge in [0.25, 0.3) is 0 Å². The average Bonchev–Trinajstić information content (AvgIpc) is 2.50. The summed E-state index contributed by atoms with van der Waals surface area (Å²) in [5, 5.41) is 13.0. The van der Waals surface area contributed by atoms with Gasteiger partial charge in [-0.3, -0.25) is 0 Å². The topological polar surface area (TPSA) is 62.2 Å². The van der Waals surface area contributed by atoms with Crippen LogP contribution < -0.4 is 5.32 Å². The highest BCUT2D eigenvalue weighted by molar-refractivity contribution is 6.06. The number of aromatic nitrogens is 1. The number of anilines is 2. The number of nitrogens with zero attached hydrogens (tertiary/aromatic N) is 1. The quantitative estimate of drug-likeness (QED) is 0.768. The lowest BCUT2D eigenvalue weighted by molar-refractivity contribution is 0.0698. The van der Waals surface area contributed by atoms with Gasteiger partial charge in [-0.2, -0.15) is 0 Å². The summed E-state index contributed by atoms with van der Waals surface area (Å²) in [4.78, 5) is 15.2. The number of halogens is 2. The normalized spacial score (nSPS) is 10.6. The predicted octanol–water partition coefficient (Wildman–Crippen LogP) is 3.95. The van der Waals surface area contributed by atoms with Crippen LogP contribution in [0.15, 0.2) is 48.7 Å². The van der Waals surface area contributed by atoms with Crippen molar-refractivity contribution in [1.82, 2.24) is 4.98 Å². The number of fused-ring (bicyclic) bond motifs is 1. The first-order valence-corrected chi connectivity index (χ1v) is 6.39. The van der Waals surface area contributed by atoms with E-state index < -0.39 is 17.6 Å². The molecule has 0 amide bonds. The second-order valence-electron chi connectivity index (χ2n) is 4.62. The summed E-state index contributed by atoms with van der Waals surface area (Å²) < 4.78 is 26.7. The van der Waals surface area contributed by atoms with Crippen LogP contribution in [0.3, 0.4) is 0 Å². The minimum Gasteiger partial charge on any atom is -0.478 e. The number of carboxylic acid groups (broad SMARTS) is 1. The Morgan fingerprint density at radius 1 is 1.09 bits per heavy atom. The van der Waals surface area contributed by atoms with Crippen molar-refractivity contribution in [3.8, 4) is 0 Å². The number of hydrogen-bond acceptors (Lipinski definition) is 3. The maximum atomic E-state index is 13.7. The number of aromatic carboxylic acids is 1. The molecular formula is C16H10F2N2O2. The van der Waals surface area contributed by atoms with Crippen LogP contribution in [0, 0.1) is 11.6 Å². The number of carbonyl (C=O) groups is 1. The van der Waals surface area contributed by atoms with Crippen LogP contribution in [0.5, 0.6) is 0 Å². The zero-order valence-corrected chi connectivity index (χ0v) is 11.2. The number of nitrogens with one attached hydrogen (secondary N) is 1. The van der Waals surface area contributed by atoms with E-state index in [0.717, 1.165) is 12.1 Å². The lowest BCUT2D eigenvalue weighted by Crippen LogP contribution is -2.03. The second kappa shape index (κ2) is 5.40. The lowest BCUT2D eigenvalue weighted by atomic mass is 10.1. The zero-order chi connectivity index (χ0) is 15.7. The van der Waals surface area contributed by atoms with Gasteiger partial charge in [-0.25, -0.2) is 18.6 Å². The van der Waals surface area contributed by atoms with Crippen molar-refractivity contribution in [3.63, 3.8) is 0 Å². The SMILES string of the molecule is O=C(O)c1cnc(Nc2ccc(F)cc2F)c2ccccc12. The molecule has 0 fully saturated rings. The molecule has 0 unspecified atom stereocenters. The Labute approximate surface area is 124 Å². The van der Waals surface area contributed by atoms with E-state index in [-0.39, 0.29) is 11.3 Å². The molecule has 0 saturated heterocycles. The molecule has 3 aromatic rings. The van der Waals surface area contributed by atoms with Gasteiger partial charge >= 0.3 is 5.97 Å². The van der Waals surface area contributed by atoms with E-state index in [9.17, 15) is 18.7 Å². The fourth-order valence-corrected chi connectivity index (χ4v) is 2.18. The Morgan fingerprint density at radius 3 is 2.50 bits per heavy atom. The van der Waals surface area contributed by atoms with E-state index in [2.05, 4.69) is 10.3 Å². The van der Waals surface area contributed by atoms with Gasteiger partial charge in [0.05, 0.1) is 11.3 Å². The molecule has 0 radical (unpaired) electrons. The number of hydrogen-bond donors (Lipinski definition) is 2. The molecule has 22 heavy (non-hydrogen) atoms. The highest BCUT2D eigenvalue weighted by Crippen LogP contribution is 2.28. The van der Waals surface area contributed by atoms with Crippen LogP contribution >= 0.6 is 0 Å². The zero-order valence-electron chi connectivity index (χ0n) is 11.2. The first-order valence-electron chi connectivity index (χ1n) is 6.39. The minimum atomic E-state index is -1.09. The molecule has 6 heteroatoms. The summed E-state index contributed by atoms with van der Waals surface area (Å²) in [6, 6.07) is 9.89. The summed E-state index contributed by atoms with van der Waals surface area (Å²) >= 11 is 0. The smallest absolute Gasteiger partial charge is 0.337 e. The van der Waals surface area contributed by atoms with Crippen molar-refractivity contribution >= 4 is 28.2 Å². The standard InChI is InChI=1S/C16H10F2N2O2/c17-9-5-6-14(13(18)7-9)20-15-11-4-2-1-3-10(11)12(8-19-15)16(21)22/h1-8H,(H,19,20)(H,21,22). The molecule has 0 spiro atoms. The molecular weight excluding hydrogens is 290 g/mol. The second-order valence-corrected chi connectivity index (χ2v) is 4.62. The lowest BCUT2D eigenvalue weighted by Gasteiger charge is -2.11. The van der Waals surface area contributed by atoms with Crippen molar-refractivity contribution in [1.29, 1.82) is 0 Å². The van der Waals surface area contributed by atoms with Crippen LogP contribution in [0.4, 0.5) is 20.3 Å². The van der Waals surface area contributed by atoms with Crippen LogP contribution in [-0.2, 0) is 0 Å². The van der Waals surface area contributed by atoms with Crippen LogP contribution in [0.1, 0.15) is 10.4 Å². The van der Waals surface area contributed by atoms with Gasteiger partial charge < -0.3 is 10.4 Å². The fraction of sp³-hybridized carbons (Fsp3) is 0. The van der Waals surface area contributed by atoms with Crippen molar-refractivity contribution in [2.24, 2.45) is 0 Å². The third kappa shape index (κ3) is 2.46. The summed E-state index contributed by atoms with van der Waals surface area (Å²) in [5.41, 5.74) is 0.114. The molecule has 3 rings (SSSR count). The molecule has 0 aliphatic heterocycles. The number of rotatable bonds is 3. The van der Waals surface area contributed by atoms with Crippen molar-refractivity contribution in [3.05, 3.63) is 65.9 Å². The predicted molar refractivity (Wildman–Crippen MR) is 78.3 cm³/mol. The van der Waals surface area contributed by atoms with Crippen LogP contribution in [0.2, 0.25) is 0 Å². The van der Waals surface area contributed by atoms with Gasteiger partial charge in [0.15, 0.2) is 0 Å². The largest absolute Gasteiger partial charge is 0.478 e. The number of carboxylic acids is 1. The molecule has 0 bridgehead atoms. The Hall–Kier alpha value is -3.02. The molecule has 4 nitrogen and oxygen atoms in total. The summed E-state index contributed by atoms with van der Waals surface area (Å²) in [6.45, 7) is 0. The molecule has 0 atom stereocenters. The number of pyridine rings is 1. The monoisotopic (exact) mass is 300 g/mol. The summed E-state index contributed by atoms with van der Waals surface area (Å²) in [7, 11) is 0. The first-order chi connectivity index (χ1) is 10.6. The highest BCUT2D eigenvalue weighted by Gasteiger charge is 2.13. The van der Waals surface area contributed by atoms with Crippen molar-refractivity contribution < 1.29 is 18.7 Å². The maximum absolute atomic E-state index is 13.7. The van der Waals surface area contributed by atoms with Crippen molar-refractivity contribution in [2.75, 3.05) is 5.32 Å². The Balaban J connectivity index is 2.12. The summed E-state index contributed by atoms with van der Waals surface area (Å²) in [5.74, 6) is -2.23. The first kappa shape index (κ1) is 13.9. The Bertz CT molecular complexity index is 881. The highest BCUT2D eigenvalue weighted by atomic mass is 19.1. The molecule has 2 N–H and O–H groups in total. The third-order valence-corrected chi connectivity index (χ3v) is 3.21. The average molecular weight is 300 g/mol. The van der Waals surface area contributed by atoms with Gasteiger partial charge in [0.2, 0.25) is 0 Å². The molecule has 1 aromatic heterocycles. The molecule has 0 aliphatic rings. The maximum Gasteiger partial charge on any atom is 0.337 e. The van der Waals surface area contributed by atoms with Gasteiger partial charge in [-0.1, -0.05) is 24.3 Å². The number of benzene rings is 2. The van der Waals surface area contributed by atoms with Gasteiger partial charge in [-0.05, 0) is 12.1 Å².